The molecular formula is C12H16BBrO2. The van der Waals surface area contributed by atoms with Crippen molar-refractivity contribution in [3.8, 4) is 0 Å². The summed E-state index contributed by atoms with van der Waals surface area (Å²) in [5.41, 5.74) is 3.81. The van der Waals surface area contributed by atoms with Gasteiger partial charge >= 0.3 is 7.12 Å². The molecule has 1 fully saturated rings. The minimum absolute atomic E-state index is 0.171. The van der Waals surface area contributed by atoms with E-state index in [0.29, 0.717) is 0 Å². The van der Waals surface area contributed by atoms with Gasteiger partial charge in [0.05, 0.1) is 0 Å². The van der Waals surface area contributed by atoms with Gasteiger partial charge in [-0.2, -0.15) is 0 Å². The predicted molar refractivity (Wildman–Crippen MR) is 70.2 cm³/mol. The van der Waals surface area contributed by atoms with Crippen LogP contribution in [-0.2, 0) is 15.7 Å². The Morgan fingerprint density at radius 3 is 2.62 bits per heavy atom. The van der Waals surface area contributed by atoms with E-state index >= 15 is 0 Å². The number of hydrogen-bond donors (Lipinski definition) is 0. The monoisotopic (exact) mass is 282 g/mol. The lowest BCUT2D eigenvalue weighted by atomic mass is 9.73. The summed E-state index contributed by atoms with van der Waals surface area (Å²) in [6.07, 6.45) is 2.00. The van der Waals surface area contributed by atoms with Gasteiger partial charge in [-0.3, -0.25) is 0 Å². The van der Waals surface area contributed by atoms with Crippen LogP contribution in [0.3, 0.4) is 0 Å². The molecule has 1 heterocycles. The van der Waals surface area contributed by atoms with E-state index in [2.05, 4.69) is 41.9 Å². The van der Waals surface area contributed by atoms with Crippen molar-refractivity contribution < 1.29 is 9.31 Å². The maximum atomic E-state index is 5.66. The molecule has 4 heteroatoms. The summed E-state index contributed by atoms with van der Waals surface area (Å²) in [5, 5.41) is 0. The minimum atomic E-state index is -0.171. The van der Waals surface area contributed by atoms with Gasteiger partial charge in [-0.25, -0.2) is 0 Å². The molecule has 2 nitrogen and oxygen atoms in total. The van der Waals surface area contributed by atoms with Crippen molar-refractivity contribution in [1.82, 2.24) is 0 Å². The zero-order valence-corrected chi connectivity index (χ0v) is 11.3. The summed E-state index contributed by atoms with van der Waals surface area (Å²) >= 11 is 3.56. The first-order valence-corrected chi connectivity index (χ1v) is 6.54. The minimum Gasteiger partial charge on any atom is -0.407 e. The lowest BCUT2D eigenvalue weighted by molar-refractivity contribution is 0.143. The molecular weight excluding hydrogens is 267 g/mol. The highest BCUT2D eigenvalue weighted by Crippen LogP contribution is 2.20. The summed E-state index contributed by atoms with van der Waals surface area (Å²) in [6.45, 7) is 5.89. The molecule has 1 aromatic carbocycles. The average Bonchev–Trinajstić information content (AvgIpc) is 2.33. The fourth-order valence-corrected chi connectivity index (χ4v) is 2.48. The lowest BCUT2D eigenvalue weighted by Crippen LogP contribution is -2.43. The van der Waals surface area contributed by atoms with E-state index < -0.39 is 0 Å². The van der Waals surface area contributed by atoms with Gasteiger partial charge in [-0.05, 0) is 42.4 Å². The van der Waals surface area contributed by atoms with E-state index in [1.54, 1.807) is 0 Å². The maximum absolute atomic E-state index is 5.66. The van der Waals surface area contributed by atoms with Gasteiger partial charge in [-0.1, -0.05) is 28.9 Å². The molecule has 0 aromatic heterocycles. The number of benzene rings is 1. The Labute approximate surface area is 106 Å². The Morgan fingerprint density at radius 1 is 1.31 bits per heavy atom. The van der Waals surface area contributed by atoms with Crippen LogP contribution in [0.15, 0.2) is 16.6 Å². The third-order valence-electron chi connectivity index (χ3n) is 3.00. The van der Waals surface area contributed by atoms with E-state index in [1.807, 2.05) is 0 Å². The molecule has 16 heavy (non-hydrogen) atoms. The topological polar surface area (TPSA) is 18.5 Å². The van der Waals surface area contributed by atoms with Crippen molar-refractivity contribution in [3.63, 3.8) is 0 Å². The molecule has 0 spiro atoms. The summed E-state index contributed by atoms with van der Waals surface area (Å²) in [4.78, 5) is 0. The molecule has 0 amide bonds. The summed E-state index contributed by atoms with van der Waals surface area (Å²) in [5.74, 6) is 0. The quantitative estimate of drug-likeness (QED) is 0.776. The molecule has 0 unspecified atom stereocenters. The zero-order chi connectivity index (χ0) is 11.5. The summed E-state index contributed by atoms with van der Waals surface area (Å²) in [7, 11) is -0.171. The molecule has 0 N–H and O–H groups in total. The standard InChI is InChI=1S/C12H16BBrO2/c1-3-10-9(2)12(14)6-5-11(10)13-15-7-4-8-16-13/h5-6H,3-4,7-8H2,1-2H3. The number of hydrogen-bond acceptors (Lipinski definition) is 2. The average molecular weight is 283 g/mol. The first-order valence-electron chi connectivity index (χ1n) is 5.75. The van der Waals surface area contributed by atoms with Crippen molar-refractivity contribution in [2.75, 3.05) is 13.2 Å². The normalized spacial score (nSPS) is 16.6. The Morgan fingerprint density at radius 2 is 2.00 bits per heavy atom. The van der Waals surface area contributed by atoms with Crippen LogP contribution in [-0.4, -0.2) is 20.3 Å². The zero-order valence-electron chi connectivity index (χ0n) is 9.75. The Hall–Kier alpha value is -0.315. The third-order valence-corrected chi connectivity index (χ3v) is 3.86. The van der Waals surface area contributed by atoms with Gasteiger partial charge in [0.25, 0.3) is 0 Å². The molecule has 1 aromatic rings. The largest absolute Gasteiger partial charge is 0.494 e. The van der Waals surface area contributed by atoms with Gasteiger partial charge in [0.2, 0.25) is 0 Å². The molecule has 0 bridgehead atoms. The highest BCUT2D eigenvalue weighted by molar-refractivity contribution is 9.10. The van der Waals surface area contributed by atoms with Crippen molar-refractivity contribution in [2.45, 2.75) is 26.7 Å². The molecule has 1 saturated heterocycles. The Balaban J connectivity index is 2.35. The van der Waals surface area contributed by atoms with Gasteiger partial charge in [0.1, 0.15) is 0 Å². The van der Waals surface area contributed by atoms with Crippen molar-refractivity contribution in [1.29, 1.82) is 0 Å². The van der Waals surface area contributed by atoms with E-state index in [4.69, 9.17) is 9.31 Å². The molecule has 0 saturated carbocycles. The van der Waals surface area contributed by atoms with E-state index in [9.17, 15) is 0 Å². The van der Waals surface area contributed by atoms with Crippen LogP contribution in [0.5, 0.6) is 0 Å². The molecule has 0 radical (unpaired) electrons. The fourth-order valence-electron chi connectivity index (χ4n) is 2.11. The number of halogens is 1. The SMILES string of the molecule is CCc1c(B2OCCCO2)ccc(Br)c1C. The third kappa shape index (κ3) is 2.34. The van der Waals surface area contributed by atoms with Crippen LogP contribution in [0.4, 0.5) is 0 Å². The van der Waals surface area contributed by atoms with Crippen LogP contribution in [0.1, 0.15) is 24.5 Å². The van der Waals surface area contributed by atoms with Crippen LogP contribution in [0, 0.1) is 6.92 Å². The molecule has 1 aliphatic rings. The first-order chi connectivity index (χ1) is 7.74. The van der Waals surface area contributed by atoms with Crippen molar-refractivity contribution in [3.05, 3.63) is 27.7 Å². The van der Waals surface area contributed by atoms with Crippen molar-refractivity contribution >= 4 is 28.5 Å². The van der Waals surface area contributed by atoms with Crippen LogP contribution in [0.2, 0.25) is 0 Å². The summed E-state index contributed by atoms with van der Waals surface area (Å²) in [6, 6.07) is 4.18. The molecule has 1 aliphatic heterocycles. The van der Waals surface area contributed by atoms with E-state index in [-0.39, 0.29) is 7.12 Å². The smallest absolute Gasteiger partial charge is 0.407 e. The highest BCUT2D eigenvalue weighted by Gasteiger charge is 2.27. The number of rotatable bonds is 2. The van der Waals surface area contributed by atoms with Crippen LogP contribution in [0.25, 0.3) is 0 Å². The maximum Gasteiger partial charge on any atom is 0.494 e. The van der Waals surface area contributed by atoms with Crippen LogP contribution < -0.4 is 5.46 Å². The highest BCUT2D eigenvalue weighted by atomic mass is 79.9. The molecule has 86 valence electrons. The molecule has 0 aliphatic carbocycles. The Bertz CT molecular complexity index is 376. The van der Waals surface area contributed by atoms with Gasteiger partial charge < -0.3 is 9.31 Å². The van der Waals surface area contributed by atoms with Gasteiger partial charge in [-0.15, -0.1) is 0 Å². The van der Waals surface area contributed by atoms with E-state index in [0.717, 1.165) is 30.5 Å². The lowest BCUT2D eigenvalue weighted by Gasteiger charge is -2.23. The second-order valence-corrected chi connectivity index (χ2v) is 4.88. The predicted octanol–water partition coefficient (Wildman–Crippen LogP) is 2.45. The van der Waals surface area contributed by atoms with Gasteiger partial charge in [0, 0.05) is 17.7 Å². The Kier molecular flexibility index (Phi) is 4.06. The molecule has 0 atom stereocenters. The summed E-state index contributed by atoms with van der Waals surface area (Å²) < 4.78 is 12.5. The van der Waals surface area contributed by atoms with Crippen molar-refractivity contribution in [2.24, 2.45) is 0 Å². The van der Waals surface area contributed by atoms with Gasteiger partial charge in [0.15, 0.2) is 0 Å². The fraction of sp³-hybridized carbons (Fsp3) is 0.500. The van der Waals surface area contributed by atoms with E-state index in [1.165, 1.54) is 16.6 Å². The molecule has 2 rings (SSSR count). The first kappa shape index (κ1) is 12.2. The second-order valence-electron chi connectivity index (χ2n) is 4.02. The second kappa shape index (κ2) is 5.34. The van der Waals surface area contributed by atoms with Crippen LogP contribution >= 0.6 is 15.9 Å².